The first-order valence-electron chi connectivity index (χ1n) is 4.29. The molecule has 0 saturated heterocycles. The molecule has 1 saturated carbocycles. The molecule has 1 N–H and O–H groups in total. The van der Waals surface area contributed by atoms with E-state index in [9.17, 15) is 4.79 Å². The molecular weight excluding hydrogens is 234 g/mol. The van der Waals surface area contributed by atoms with E-state index in [-0.39, 0.29) is 0 Å². The molecule has 1 heterocycles. The van der Waals surface area contributed by atoms with Crippen LogP contribution in [0.1, 0.15) is 35.8 Å². The van der Waals surface area contributed by atoms with Crippen LogP contribution in [0, 0.1) is 0 Å². The van der Waals surface area contributed by atoms with Crippen molar-refractivity contribution in [1.82, 2.24) is 4.57 Å². The number of carboxylic acids is 1. The first kappa shape index (κ1) is 8.81. The second-order valence-electron chi connectivity index (χ2n) is 3.34. The van der Waals surface area contributed by atoms with E-state index in [2.05, 4.69) is 15.9 Å². The first-order valence-corrected chi connectivity index (χ1v) is 5.08. The number of aromatic nitrogens is 1. The summed E-state index contributed by atoms with van der Waals surface area (Å²) in [6, 6.07) is 2.05. The Bertz CT molecular complexity index is 341. The molecule has 1 aromatic rings. The molecular formula is C9H10BrNO2. The van der Waals surface area contributed by atoms with Crippen molar-refractivity contribution < 1.29 is 9.90 Å². The summed E-state index contributed by atoms with van der Waals surface area (Å²) in [6.45, 7) is 0. The number of carbonyl (C=O) groups is 1. The smallest absolute Gasteiger partial charge is 0.352 e. The summed E-state index contributed by atoms with van der Waals surface area (Å²) in [4.78, 5) is 10.8. The molecule has 0 radical (unpaired) electrons. The summed E-state index contributed by atoms with van der Waals surface area (Å²) < 4.78 is 2.70. The van der Waals surface area contributed by atoms with Crippen molar-refractivity contribution in [2.75, 3.05) is 0 Å². The molecule has 4 heteroatoms. The standard InChI is InChI=1S/C9H10BrNO2/c10-6-4-8(9(12)13)11(5-6)7-2-1-3-7/h4-5,7H,1-3H2,(H,12,13). The molecule has 13 heavy (non-hydrogen) atoms. The lowest BCUT2D eigenvalue weighted by molar-refractivity contribution is 0.0679. The number of carboxylic acid groups (broad SMARTS) is 1. The Morgan fingerprint density at radius 1 is 1.62 bits per heavy atom. The second-order valence-corrected chi connectivity index (χ2v) is 4.26. The van der Waals surface area contributed by atoms with Crippen LogP contribution in [0.2, 0.25) is 0 Å². The highest BCUT2D eigenvalue weighted by Gasteiger charge is 2.23. The fraction of sp³-hybridized carbons (Fsp3) is 0.444. The van der Waals surface area contributed by atoms with E-state index in [0.717, 1.165) is 17.3 Å². The van der Waals surface area contributed by atoms with Crippen molar-refractivity contribution in [1.29, 1.82) is 0 Å². The summed E-state index contributed by atoms with van der Waals surface area (Å²) in [7, 11) is 0. The van der Waals surface area contributed by atoms with E-state index >= 15 is 0 Å². The summed E-state index contributed by atoms with van der Waals surface area (Å²) in [5, 5.41) is 8.91. The number of rotatable bonds is 2. The maximum Gasteiger partial charge on any atom is 0.352 e. The molecule has 0 atom stereocenters. The van der Waals surface area contributed by atoms with Gasteiger partial charge in [-0.25, -0.2) is 4.79 Å². The number of halogens is 1. The van der Waals surface area contributed by atoms with Crippen LogP contribution in [0.3, 0.4) is 0 Å². The lowest BCUT2D eigenvalue weighted by Gasteiger charge is -2.28. The van der Waals surface area contributed by atoms with Gasteiger partial charge in [-0.3, -0.25) is 0 Å². The van der Waals surface area contributed by atoms with E-state index in [1.165, 1.54) is 6.42 Å². The largest absolute Gasteiger partial charge is 0.477 e. The molecule has 0 aromatic carbocycles. The maximum absolute atomic E-state index is 10.8. The predicted molar refractivity (Wildman–Crippen MR) is 52.0 cm³/mol. The van der Waals surface area contributed by atoms with Crippen molar-refractivity contribution in [3.05, 3.63) is 22.4 Å². The molecule has 70 valence electrons. The third kappa shape index (κ3) is 1.50. The predicted octanol–water partition coefficient (Wildman–Crippen LogP) is 2.67. The van der Waals surface area contributed by atoms with Gasteiger partial charge < -0.3 is 9.67 Å². The minimum Gasteiger partial charge on any atom is -0.477 e. The lowest BCUT2D eigenvalue weighted by Crippen LogP contribution is -2.20. The first-order chi connectivity index (χ1) is 6.18. The molecule has 1 aliphatic carbocycles. The highest BCUT2D eigenvalue weighted by atomic mass is 79.9. The van der Waals surface area contributed by atoms with Crippen molar-refractivity contribution in [3.63, 3.8) is 0 Å². The Labute approximate surface area is 84.5 Å². The SMILES string of the molecule is O=C(O)c1cc(Br)cn1C1CCC1. The van der Waals surface area contributed by atoms with Crippen molar-refractivity contribution in [2.45, 2.75) is 25.3 Å². The number of hydrogen-bond donors (Lipinski definition) is 1. The van der Waals surface area contributed by atoms with Crippen LogP contribution in [0.25, 0.3) is 0 Å². The minimum atomic E-state index is -0.849. The molecule has 0 amide bonds. The normalized spacial score (nSPS) is 17.0. The number of aromatic carboxylic acids is 1. The van der Waals surface area contributed by atoms with E-state index in [0.29, 0.717) is 11.7 Å². The van der Waals surface area contributed by atoms with E-state index < -0.39 is 5.97 Å². The van der Waals surface area contributed by atoms with E-state index in [4.69, 9.17) is 5.11 Å². The van der Waals surface area contributed by atoms with Crippen LogP contribution in [0.5, 0.6) is 0 Å². The summed E-state index contributed by atoms with van der Waals surface area (Å²) >= 11 is 3.29. The van der Waals surface area contributed by atoms with Crippen LogP contribution in [-0.2, 0) is 0 Å². The Hall–Kier alpha value is -0.770. The van der Waals surface area contributed by atoms with Gasteiger partial charge >= 0.3 is 5.97 Å². The number of nitrogens with zero attached hydrogens (tertiary/aromatic N) is 1. The Kier molecular flexibility index (Phi) is 2.15. The third-order valence-corrected chi connectivity index (χ3v) is 2.94. The minimum absolute atomic E-state index is 0.386. The Balaban J connectivity index is 2.36. The molecule has 0 bridgehead atoms. The molecule has 0 spiro atoms. The fourth-order valence-corrected chi connectivity index (χ4v) is 2.02. The van der Waals surface area contributed by atoms with Gasteiger partial charge in [0, 0.05) is 16.7 Å². The monoisotopic (exact) mass is 243 g/mol. The molecule has 0 unspecified atom stereocenters. The molecule has 1 aliphatic rings. The van der Waals surface area contributed by atoms with Gasteiger partial charge in [-0.2, -0.15) is 0 Å². The zero-order valence-corrected chi connectivity index (χ0v) is 8.62. The van der Waals surface area contributed by atoms with Crippen LogP contribution < -0.4 is 0 Å². The number of hydrogen-bond acceptors (Lipinski definition) is 1. The van der Waals surface area contributed by atoms with Crippen molar-refractivity contribution in [2.24, 2.45) is 0 Å². The second kappa shape index (κ2) is 3.18. The van der Waals surface area contributed by atoms with Crippen molar-refractivity contribution in [3.8, 4) is 0 Å². The van der Waals surface area contributed by atoms with E-state index in [1.807, 2.05) is 10.8 Å². The van der Waals surface area contributed by atoms with Gasteiger partial charge in [-0.1, -0.05) is 0 Å². The van der Waals surface area contributed by atoms with Gasteiger partial charge in [0.25, 0.3) is 0 Å². The van der Waals surface area contributed by atoms with Crippen LogP contribution in [-0.4, -0.2) is 15.6 Å². The molecule has 3 nitrogen and oxygen atoms in total. The van der Waals surface area contributed by atoms with Gasteiger partial charge in [-0.15, -0.1) is 0 Å². The summed E-state index contributed by atoms with van der Waals surface area (Å²) in [5.74, 6) is -0.849. The third-order valence-electron chi connectivity index (χ3n) is 2.50. The van der Waals surface area contributed by atoms with Crippen molar-refractivity contribution >= 4 is 21.9 Å². The molecule has 2 rings (SSSR count). The Morgan fingerprint density at radius 2 is 2.31 bits per heavy atom. The average molecular weight is 244 g/mol. The summed E-state index contributed by atoms with van der Waals surface area (Å²) in [6.07, 6.45) is 5.26. The van der Waals surface area contributed by atoms with Gasteiger partial charge in [0.15, 0.2) is 0 Å². The summed E-state index contributed by atoms with van der Waals surface area (Å²) in [5.41, 5.74) is 0.386. The van der Waals surface area contributed by atoms with Crippen LogP contribution in [0.15, 0.2) is 16.7 Å². The molecule has 1 fully saturated rings. The Morgan fingerprint density at radius 3 is 2.77 bits per heavy atom. The van der Waals surface area contributed by atoms with Gasteiger partial charge in [0.2, 0.25) is 0 Å². The maximum atomic E-state index is 10.8. The average Bonchev–Trinajstić information content (AvgIpc) is 2.27. The van der Waals surface area contributed by atoms with Gasteiger partial charge in [0.1, 0.15) is 5.69 Å². The molecule has 0 aliphatic heterocycles. The fourth-order valence-electron chi connectivity index (χ4n) is 1.58. The topological polar surface area (TPSA) is 42.2 Å². The van der Waals surface area contributed by atoms with Crippen LogP contribution >= 0.6 is 15.9 Å². The van der Waals surface area contributed by atoms with Gasteiger partial charge in [0.05, 0.1) is 0 Å². The highest BCUT2D eigenvalue weighted by molar-refractivity contribution is 9.10. The molecule has 1 aromatic heterocycles. The van der Waals surface area contributed by atoms with E-state index in [1.54, 1.807) is 6.07 Å². The lowest BCUT2D eigenvalue weighted by atomic mass is 9.93. The quantitative estimate of drug-likeness (QED) is 0.868. The highest BCUT2D eigenvalue weighted by Crippen LogP contribution is 2.34. The zero-order valence-electron chi connectivity index (χ0n) is 7.03. The zero-order chi connectivity index (χ0) is 9.42. The van der Waals surface area contributed by atoms with Gasteiger partial charge in [-0.05, 0) is 41.3 Å². The van der Waals surface area contributed by atoms with Crippen LogP contribution in [0.4, 0.5) is 0 Å².